The van der Waals surface area contributed by atoms with Gasteiger partial charge in [0, 0.05) is 12.2 Å². The van der Waals surface area contributed by atoms with Crippen molar-refractivity contribution in [2.45, 2.75) is 40.7 Å². The van der Waals surface area contributed by atoms with Crippen LogP contribution in [0.1, 0.15) is 32.2 Å². The summed E-state index contributed by atoms with van der Waals surface area (Å²) < 4.78 is 1.86. The zero-order valence-electron chi connectivity index (χ0n) is 14.5. The van der Waals surface area contributed by atoms with Crippen molar-refractivity contribution < 1.29 is 9.59 Å². The first-order valence-electron chi connectivity index (χ1n) is 8.00. The number of hydrogen-bond acceptors (Lipinski definition) is 4. The summed E-state index contributed by atoms with van der Waals surface area (Å²) >= 11 is 0. The van der Waals surface area contributed by atoms with Crippen LogP contribution in [0.3, 0.4) is 0 Å². The van der Waals surface area contributed by atoms with E-state index < -0.39 is 11.8 Å². The molecule has 0 aliphatic heterocycles. The molecule has 2 amide bonds. The van der Waals surface area contributed by atoms with E-state index in [2.05, 4.69) is 34.6 Å². The lowest BCUT2D eigenvalue weighted by molar-refractivity contribution is -0.133. The van der Waals surface area contributed by atoms with E-state index in [4.69, 9.17) is 0 Å². The van der Waals surface area contributed by atoms with E-state index in [0.717, 1.165) is 17.9 Å². The van der Waals surface area contributed by atoms with E-state index in [1.165, 1.54) is 6.20 Å². The van der Waals surface area contributed by atoms with E-state index in [1.54, 1.807) is 18.3 Å². The second-order valence-electron chi connectivity index (χ2n) is 6.03. The molecule has 0 saturated heterocycles. The average Bonchev–Trinajstić information content (AvgIpc) is 2.90. The Kier molecular flexibility index (Phi) is 5.68. The van der Waals surface area contributed by atoms with Crippen molar-refractivity contribution in [3.05, 3.63) is 35.9 Å². The maximum absolute atomic E-state index is 12.1. The smallest absolute Gasteiger partial charge is 0.314 e. The van der Waals surface area contributed by atoms with Crippen LogP contribution in [0.5, 0.6) is 0 Å². The maximum Gasteiger partial charge on any atom is 0.314 e. The second-order valence-corrected chi connectivity index (χ2v) is 6.03. The molecule has 7 nitrogen and oxygen atoms in total. The molecule has 2 N–H and O–H groups in total. The third-order valence-corrected chi connectivity index (χ3v) is 3.45. The van der Waals surface area contributed by atoms with E-state index in [9.17, 15) is 9.59 Å². The molecule has 24 heavy (non-hydrogen) atoms. The summed E-state index contributed by atoms with van der Waals surface area (Å²) in [5.41, 5.74) is 2.79. The highest BCUT2D eigenvalue weighted by atomic mass is 16.2. The molecule has 0 fully saturated rings. The molecule has 2 rings (SSSR count). The van der Waals surface area contributed by atoms with Gasteiger partial charge in [-0.25, -0.2) is 0 Å². The molecule has 0 saturated carbocycles. The molecule has 0 bridgehead atoms. The topological polar surface area (TPSA) is 88.9 Å². The fourth-order valence-corrected chi connectivity index (χ4v) is 2.30. The minimum Gasteiger partial charge on any atom is -0.316 e. The number of aryl methyl sites for hydroxylation is 1. The quantitative estimate of drug-likeness (QED) is 0.824. The first-order chi connectivity index (χ1) is 11.4. The van der Waals surface area contributed by atoms with Gasteiger partial charge in [0.25, 0.3) is 0 Å². The van der Waals surface area contributed by atoms with E-state index >= 15 is 0 Å². The van der Waals surface area contributed by atoms with Gasteiger partial charge in [0.15, 0.2) is 0 Å². The number of rotatable bonds is 5. The summed E-state index contributed by atoms with van der Waals surface area (Å²) in [4.78, 5) is 28.2. The molecule has 0 aromatic carbocycles. The van der Waals surface area contributed by atoms with Gasteiger partial charge in [0.05, 0.1) is 29.5 Å². The van der Waals surface area contributed by atoms with Gasteiger partial charge in [-0.1, -0.05) is 20.8 Å². The maximum atomic E-state index is 12.1. The Morgan fingerprint density at radius 1 is 1.17 bits per heavy atom. The van der Waals surface area contributed by atoms with Crippen LogP contribution in [0.4, 0.5) is 11.4 Å². The van der Waals surface area contributed by atoms with Crippen LogP contribution in [0, 0.1) is 12.8 Å². The van der Waals surface area contributed by atoms with Crippen molar-refractivity contribution in [1.29, 1.82) is 0 Å². The molecule has 2 heterocycles. The van der Waals surface area contributed by atoms with Crippen molar-refractivity contribution in [3.63, 3.8) is 0 Å². The molecule has 0 spiro atoms. The summed E-state index contributed by atoms with van der Waals surface area (Å²) in [5.74, 6) is -1.02. The number of anilines is 2. The van der Waals surface area contributed by atoms with Gasteiger partial charge in [-0.15, -0.1) is 0 Å². The lowest BCUT2D eigenvalue weighted by Crippen LogP contribution is -2.29. The second kappa shape index (κ2) is 7.72. The summed E-state index contributed by atoms with van der Waals surface area (Å²) in [6.07, 6.45) is 3.81. The molecule has 2 aromatic rings. The fourth-order valence-electron chi connectivity index (χ4n) is 2.30. The van der Waals surface area contributed by atoms with Crippen LogP contribution in [0.2, 0.25) is 0 Å². The standard InChI is InChI=1S/C17H23N5O2/c1-5-15-14(9-19-22(15)10-11(2)3)21-17(24)16(23)20-13-7-6-12(4)18-8-13/h6-9,11H,5,10H2,1-4H3,(H,20,23)(H,21,24). The van der Waals surface area contributed by atoms with Crippen LogP contribution in [0.25, 0.3) is 0 Å². The molecular weight excluding hydrogens is 306 g/mol. The van der Waals surface area contributed by atoms with Crippen molar-refractivity contribution in [2.75, 3.05) is 10.6 Å². The lowest BCUT2D eigenvalue weighted by Gasteiger charge is -2.10. The lowest BCUT2D eigenvalue weighted by atomic mass is 10.2. The van der Waals surface area contributed by atoms with Gasteiger partial charge in [0.1, 0.15) is 0 Å². The van der Waals surface area contributed by atoms with Gasteiger partial charge in [-0.05, 0) is 31.4 Å². The summed E-state index contributed by atoms with van der Waals surface area (Å²) in [7, 11) is 0. The fraction of sp³-hybridized carbons (Fsp3) is 0.412. The highest BCUT2D eigenvalue weighted by Gasteiger charge is 2.18. The average molecular weight is 329 g/mol. The zero-order valence-corrected chi connectivity index (χ0v) is 14.5. The van der Waals surface area contributed by atoms with Crippen LogP contribution in [0.15, 0.2) is 24.5 Å². The van der Waals surface area contributed by atoms with Crippen molar-refractivity contribution in [2.24, 2.45) is 5.92 Å². The predicted molar refractivity (Wildman–Crippen MR) is 92.7 cm³/mol. The summed E-state index contributed by atoms with van der Waals surface area (Å²) in [6, 6.07) is 3.46. The van der Waals surface area contributed by atoms with Gasteiger partial charge < -0.3 is 10.6 Å². The molecule has 0 unspecified atom stereocenters. The number of nitrogens with one attached hydrogen (secondary N) is 2. The Hall–Kier alpha value is -2.70. The Labute approximate surface area is 141 Å². The predicted octanol–water partition coefficient (Wildman–Crippen LogP) is 2.38. The van der Waals surface area contributed by atoms with Gasteiger partial charge >= 0.3 is 11.8 Å². The van der Waals surface area contributed by atoms with E-state index in [0.29, 0.717) is 23.7 Å². The molecule has 7 heteroatoms. The van der Waals surface area contributed by atoms with Gasteiger partial charge in [-0.2, -0.15) is 5.10 Å². The number of carbonyl (C=O) groups excluding carboxylic acids is 2. The van der Waals surface area contributed by atoms with Crippen molar-refractivity contribution >= 4 is 23.2 Å². The highest BCUT2D eigenvalue weighted by molar-refractivity contribution is 6.43. The number of amides is 2. The van der Waals surface area contributed by atoms with Crippen LogP contribution >= 0.6 is 0 Å². The SMILES string of the molecule is CCc1c(NC(=O)C(=O)Nc2ccc(C)nc2)cnn1CC(C)C. The van der Waals surface area contributed by atoms with Crippen molar-refractivity contribution in [1.82, 2.24) is 14.8 Å². The third kappa shape index (κ3) is 4.41. The Morgan fingerprint density at radius 2 is 1.88 bits per heavy atom. The molecule has 0 radical (unpaired) electrons. The first kappa shape index (κ1) is 17.7. The molecule has 128 valence electrons. The Balaban J connectivity index is 2.04. The third-order valence-electron chi connectivity index (χ3n) is 3.45. The zero-order chi connectivity index (χ0) is 17.7. The number of pyridine rings is 1. The van der Waals surface area contributed by atoms with E-state index in [1.807, 2.05) is 18.5 Å². The van der Waals surface area contributed by atoms with Crippen LogP contribution in [-0.4, -0.2) is 26.6 Å². The Morgan fingerprint density at radius 3 is 2.46 bits per heavy atom. The number of hydrogen-bond donors (Lipinski definition) is 2. The van der Waals surface area contributed by atoms with E-state index in [-0.39, 0.29) is 0 Å². The number of carbonyl (C=O) groups is 2. The monoisotopic (exact) mass is 329 g/mol. The van der Waals surface area contributed by atoms with Crippen LogP contribution < -0.4 is 10.6 Å². The number of aromatic nitrogens is 3. The normalized spacial score (nSPS) is 10.7. The van der Waals surface area contributed by atoms with Crippen molar-refractivity contribution in [3.8, 4) is 0 Å². The highest BCUT2D eigenvalue weighted by Crippen LogP contribution is 2.17. The molecule has 0 atom stereocenters. The minimum atomic E-state index is -0.737. The van der Waals surface area contributed by atoms with Gasteiger partial charge in [-0.3, -0.25) is 19.3 Å². The molecule has 2 aromatic heterocycles. The molecular formula is C17H23N5O2. The van der Waals surface area contributed by atoms with Gasteiger partial charge in [0.2, 0.25) is 0 Å². The first-order valence-corrected chi connectivity index (χ1v) is 8.00. The molecule has 0 aliphatic carbocycles. The Bertz CT molecular complexity index is 719. The van der Waals surface area contributed by atoms with Crippen LogP contribution in [-0.2, 0) is 22.6 Å². The largest absolute Gasteiger partial charge is 0.316 e. The minimum absolute atomic E-state index is 0.441. The summed E-state index contributed by atoms with van der Waals surface area (Å²) in [5, 5.41) is 9.45. The molecule has 0 aliphatic rings. The number of nitrogens with zero attached hydrogens (tertiary/aromatic N) is 3. The summed E-state index contributed by atoms with van der Waals surface area (Å²) in [6.45, 7) is 8.80.